The van der Waals surface area contributed by atoms with Crippen molar-refractivity contribution in [3.8, 4) is 0 Å². The summed E-state index contributed by atoms with van der Waals surface area (Å²) in [6.45, 7) is 4.08. The Morgan fingerprint density at radius 2 is 1.24 bits per heavy atom. The molecule has 10 nitrogen and oxygen atoms in total. The maximum atomic E-state index is 12.6. The lowest BCUT2D eigenvalue weighted by Crippen LogP contribution is -2.37. The Morgan fingerprint density at radius 1 is 0.673 bits per heavy atom. The first-order valence-electron chi connectivity index (χ1n) is 21.5. The summed E-state index contributed by atoms with van der Waals surface area (Å²) < 4.78 is 39.5. The molecule has 318 valence electrons. The van der Waals surface area contributed by atoms with E-state index in [1.54, 1.807) is 0 Å². The van der Waals surface area contributed by atoms with Gasteiger partial charge in [-0.2, -0.15) is 0 Å². The number of hydrogen-bond donors (Lipinski definition) is 0. The molecule has 0 bridgehead atoms. The third-order valence-electron chi connectivity index (χ3n) is 9.25. The minimum atomic E-state index is -4.64. The third-order valence-corrected chi connectivity index (χ3v) is 10.2. The SMILES string of the molecule is CCCCCC/C=C\CCCCCCCC(=O)OCC(COP(=O)([O-])OCC[N+](C)(C)C)OC(=O)CCC/C=C\C/C=C\C/C=C\CC1OC1CCCCC. The first-order valence-corrected chi connectivity index (χ1v) is 22.9. The average molecular weight is 796 g/mol. The van der Waals surface area contributed by atoms with Crippen molar-refractivity contribution in [3.63, 3.8) is 0 Å². The first-order chi connectivity index (χ1) is 26.5. The Morgan fingerprint density at radius 3 is 1.93 bits per heavy atom. The van der Waals surface area contributed by atoms with Gasteiger partial charge in [-0.15, -0.1) is 0 Å². The molecule has 1 saturated heterocycles. The van der Waals surface area contributed by atoms with Crippen molar-refractivity contribution >= 4 is 19.8 Å². The highest BCUT2D eigenvalue weighted by Crippen LogP contribution is 2.38. The summed E-state index contributed by atoms with van der Waals surface area (Å²) in [5.41, 5.74) is 0. The van der Waals surface area contributed by atoms with Crippen LogP contribution in [0.3, 0.4) is 0 Å². The fourth-order valence-electron chi connectivity index (χ4n) is 5.73. The van der Waals surface area contributed by atoms with Gasteiger partial charge in [0, 0.05) is 12.8 Å². The maximum absolute atomic E-state index is 12.6. The fourth-order valence-corrected chi connectivity index (χ4v) is 6.46. The van der Waals surface area contributed by atoms with Gasteiger partial charge in [0.2, 0.25) is 0 Å². The molecule has 1 heterocycles. The molecule has 0 aromatic heterocycles. The molecule has 1 aliphatic rings. The number of phosphoric acid groups is 1. The number of rotatable bonds is 37. The van der Waals surface area contributed by atoms with Gasteiger partial charge in [0.05, 0.1) is 40.0 Å². The molecule has 1 rings (SSSR count). The van der Waals surface area contributed by atoms with Crippen LogP contribution in [0.5, 0.6) is 0 Å². The standard InChI is InChI=1S/C44H78NO9P/c1-6-8-10-11-12-13-14-15-16-20-23-26-30-34-43(46)50-38-40(39-52-55(48,49)51-37-36-45(3,4)5)53-44(47)35-31-27-24-21-18-17-19-22-25-29-33-42-41(54-42)32-28-9-7-2/h13-14,17,19,21,24-25,29,40-42H,6-12,15-16,18,20,22-23,26-28,30-39H2,1-5H3/b14-13-,19-17-,24-21-,29-25-. The summed E-state index contributed by atoms with van der Waals surface area (Å²) in [5, 5.41) is 0. The molecule has 4 unspecified atom stereocenters. The molecule has 11 heteroatoms. The minimum absolute atomic E-state index is 0.0459. The summed E-state index contributed by atoms with van der Waals surface area (Å²) in [4.78, 5) is 37.5. The van der Waals surface area contributed by atoms with Crippen LogP contribution in [0, 0.1) is 0 Å². The molecule has 0 radical (unpaired) electrons. The van der Waals surface area contributed by atoms with E-state index in [1.165, 1.54) is 57.8 Å². The lowest BCUT2D eigenvalue weighted by atomic mass is 10.1. The van der Waals surface area contributed by atoms with Crippen molar-refractivity contribution in [2.75, 3.05) is 47.5 Å². The predicted octanol–water partition coefficient (Wildman–Crippen LogP) is 10.3. The van der Waals surface area contributed by atoms with Gasteiger partial charge < -0.3 is 32.6 Å². The lowest BCUT2D eigenvalue weighted by molar-refractivity contribution is -0.870. The van der Waals surface area contributed by atoms with Gasteiger partial charge in [0.1, 0.15) is 19.8 Å². The largest absolute Gasteiger partial charge is 0.756 e. The van der Waals surface area contributed by atoms with E-state index in [2.05, 4.69) is 56.4 Å². The monoisotopic (exact) mass is 796 g/mol. The van der Waals surface area contributed by atoms with Gasteiger partial charge in [-0.05, 0) is 70.6 Å². The Kier molecular flexibility index (Phi) is 30.5. The van der Waals surface area contributed by atoms with Gasteiger partial charge in [-0.1, -0.05) is 120 Å². The minimum Gasteiger partial charge on any atom is -0.756 e. The van der Waals surface area contributed by atoms with Crippen LogP contribution in [0.2, 0.25) is 0 Å². The van der Waals surface area contributed by atoms with Crippen molar-refractivity contribution in [2.45, 2.75) is 173 Å². The summed E-state index contributed by atoms with van der Waals surface area (Å²) >= 11 is 0. The maximum Gasteiger partial charge on any atom is 0.306 e. The molecule has 0 saturated carbocycles. The molecule has 0 aromatic rings. The number of carbonyl (C=O) groups is 2. The normalized spacial score (nSPS) is 17.8. The molecular weight excluding hydrogens is 717 g/mol. The topological polar surface area (TPSA) is 124 Å². The van der Waals surface area contributed by atoms with Crippen LogP contribution in [-0.4, -0.2) is 82.2 Å². The summed E-state index contributed by atoms with van der Waals surface area (Å²) in [5.74, 6) is -0.919. The summed E-state index contributed by atoms with van der Waals surface area (Å²) in [6.07, 6.45) is 38.9. The highest BCUT2D eigenvalue weighted by molar-refractivity contribution is 7.45. The van der Waals surface area contributed by atoms with E-state index in [0.717, 1.165) is 51.4 Å². The quantitative estimate of drug-likeness (QED) is 0.0151. The molecule has 55 heavy (non-hydrogen) atoms. The summed E-state index contributed by atoms with van der Waals surface area (Å²) in [6, 6.07) is 0. The van der Waals surface area contributed by atoms with Gasteiger partial charge in [0.15, 0.2) is 6.10 Å². The Bertz CT molecular complexity index is 1150. The zero-order chi connectivity index (χ0) is 40.5. The third kappa shape index (κ3) is 33.8. The number of nitrogens with zero attached hydrogens (tertiary/aromatic N) is 1. The Labute approximate surface area is 335 Å². The van der Waals surface area contributed by atoms with Crippen molar-refractivity contribution in [2.24, 2.45) is 0 Å². The van der Waals surface area contributed by atoms with E-state index in [9.17, 15) is 19.0 Å². The first kappa shape index (κ1) is 50.9. The van der Waals surface area contributed by atoms with Crippen LogP contribution < -0.4 is 4.89 Å². The molecule has 0 aliphatic carbocycles. The fraction of sp³-hybridized carbons (Fsp3) is 0.773. The van der Waals surface area contributed by atoms with E-state index in [0.29, 0.717) is 42.5 Å². The van der Waals surface area contributed by atoms with Gasteiger partial charge in [0.25, 0.3) is 7.82 Å². The lowest BCUT2D eigenvalue weighted by Gasteiger charge is -2.28. The van der Waals surface area contributed by atoms with E-state index in [4.69, 9.17) is 23.3 Å². The van der Waals surface area contributed by atoms with E-state index < -0.39 is 32.5 Å². The molecule has 0 N–H and O–H groups in total. The molecule has 1 aliphatic heterocycles. The zero-order valence-corrected chi connectivity index (χ0v) is 36.2. The smallest absolute Gasteiger partial charge is 0.306 e. The van der Waals surface area contributed by atoms with Gasteiger partial charge >= 0.3 is 11.9 Å². The number of quaternary nitrogens is 1. The van der Waals surface area contributed by atoms with E-state index in [1.807, 2.05) is 27.2 Å². The second-order valence-corrected chi connectivity index (χ2v) is 17.1. The Balaban J connectivity index is 2.34. The highest BCUT2D eigenvalue weighted by atomic mass is 31.2. The molecule has 0 aromatic carbocycles. The number of carbonyl (C=O) groups excluding carboxylic acids is 2. The van der Waals surface area contributed by atoms with Crippen LogP contribution >= 0.6 is 7.82 Å². The number of ether oxygens (including phenoxy) is 3. The van der Waals surface area contributed by atoms with Gasteiger partial charge in [-0.25, -0.2) is 0 Å². The number of unbranched alkanes of at least 4 members (excludes halogenated alkanes) is 12. The van der Waals surface area contributed by atoms with Crippen molar-refractivity contribution in [1.82, 2.24) is 0 Å². The molecular formula is C44H78NO9P. The average Bonchev–Trinajstić information content (AvgIpc) is 3.89. The number of phosphoric ester groups is 1. The number of allylic oxidation sites excluding steroid dienone is 7. The molecule has 0 amide bonds. The van der Waals surface area contributed by atoms with E-state index >= 15 is 0 Å². The number of esters is 2. The number of epoxide rings is 1. The second-order valence-electron chi connectivity index (χ2n) is 15.7. The van der Waals surface area contributed by atoms with Crippen molar-refractivity contribution < 1.29 is 46.8 Å². The van der Waals surface area contributed by atoms with Crippen LogP contribution in [0.1, 0.15) is 155 Å². The predicted molar refractivity (Wildman–Crippen MR) is 221 cm³/mol. The van der Waals surface area contributed by atoms with Crippen LogP contribution in [-0.2, 0) is 37.4 Å². The second kappa shape index (κ2) is 33.0. The van der Waals surface area contributed by atoms with Crippen LogP contribution in [0.25, 0.3) is 0 Å². The van der Waals surface area contributed by atoms with Crippen molar-refractivity contribution in [3.05, 3.63) is 48.6 Å². The molecule has 0 spiro atoms. The zero-order valence-electron chi connectivity index (χ0n) is 35.3. The van der Waals surface area contributed by atoms with Crippen LogP contribution in [0.15, 0.2) is 48.6 Å². The van der Waals surface area contributed by atoms with Crippen LogP contribution in [0.4, 0.5) is 0 Å². The van der Waals surface area contributed by atoms with Gasteiger partial charge in [-0.3, -0.25) is 14.2 Å². The van der Waals surface area contributed by atoms with E-state index in [-0.39, 0.29) is 26.1 Å². The number of hydrogen-bond acceptors (Lipinski definition) is 9. The molecule has 4 atom stereocenters. The molecule has 1 fully saturated rings. The van der Waals surface area contributed by atoms with Crippen molar-refractivity contribution in [1.29, 1.82) is 0 Å². The Hall–Kier alpha value is -2.07. The highest BCUT2D eigenvalue weighted by Gasteiger charge is 2.36. The number of likely N-dealkylation sites (N-methyl/N-ethyl adjacent to an activating group) is 1. The summed E-state index contributed by atoms with van der Waals surface area (Å²) in [7, 11) is 1.11.